The van der Waals surface area contributed by atoms with E-state index in [0.29, 0.717) is 22.1 Å². The SMILES string of the molecule is COc1cccc(OC)c1/C=C1\C(=O)Oc2ccc(Cl)cc2C1=O. The highest BCUT2D eigenvalue weighted by atomic mass is 35.5. The number of hydrogen-bond acceptors (Lipinski definition) is 5. The summed E-state index contributed by atoms with van der Waals surface area (Å²) < 4.78 is 15.8. The largest absolute Gasteiger partial charge is 0.496 e. The molecule has 0 fully saturated rings. The number of fused-ring (bicyclic) bond motifs is 1. The Labute approximate surface area is 143 Å². The molecule has 0 aliphatic carbocycles. The lowest BCUT2D eigenvalue weighted by atomic mass is 9.97. The molecule has 0 saturated heterocycles. The van der Waals surface area contributed by atoms with Gasteiger partial charge in [-0.3, -0.25) is 4.79 Å². The van der Waals surface area contributed by atoms with Gasteiger partial charge in [0.25, 0.3) is 0 Å². The number of carbonyl (C=O) groups excluding carboxylic acids is 2. The first-order valence-electron chi connectivity index (χ1n) is 7.04. The fraction of sp³-hybridized carbons (Fsp3) is 0.111. The Bertz CT molecular complexity index is 847. The van der Waals surface area contributed by atoms with Crippen LogP contribution in [-0.4, -0.2) is 26.0 Å². The molecular formula is C18H13ClO5. The van der Waals surface area contributed by atoms with Crippen LogP contribution in [0.1, 0.15) is 15.9 Å². The van der Waals surface area contributed by atoms with Crippen LogP contribution in [0.25, 0.3) is 6.08 Å². The lowest BCUT2D eigenvalue weighted by Crippen LogP contribution is -2.25. The molecule has 0 radical (unpaired) electrons. The van der Waals surface area contributed by atoms with Crippen molar-refractivity contribution in [1.29, 1.82) is 0 Å². The Hall–Kier alpha value is -2.79. The molecule has 0 N–H and O–H groups in total. The summed E-state index contributed by atoms with van der Waals surface area (Å²) in [6.45, 7) is 0. The Balaban J connectivity index is 2.15. The third-order valence-corrected chi connectivity index (χ3v) is 3.84. The van der Waals surface area contributed by atoms with Gasteiger partial charge in [0.05, 0.1) is 25.3 Å². The molecule has 0 unspecified atom stereocenters. The maximum Gasteiger partial charge on any atom is 0.347 e. The lowest BCUT2D eigenvalue weighted by molar-refractivity contribution is -0.130. The maximum absolute atomic E-state index is 12.7. The van der Waals surface area contributed by atoms with Crippen molar-refractivity contribution < 1.29 is 23.8 Å². The highest BCUT2D eigenvalue weighted by Crippen LogP contribution is 2.35. The van der Waals surface area contributed by atoms with E-state index in [2.05, 4.69) is 0 Å². The minimum absolute atomic E-state index is 0.118. The number of hydrogen-bond donors (Lipinski definition) is 0. The first-order chi connectivity index (χ1) is 11.5. The van der Waals surface area contributed by atoms with Gasteiger partial charge < -0.3 is 14.2 Å². The monoisotopic (exact) mass is 344 g/mol. The van der Waals surface area contributed by atoms with Gasteiger partial charge in [0, 0.05) is 5.02 Å². The van der Waals surface area contributed by atoms with Crippen molar-refractivity contribution in [2.45, 2.75) is 0 Å². The molecule has 0 aromatic heterocycles. The Morgan fingerprint density at radius 1 is 1.04 bits per heavy atom. The number of ether oxygens (including phenoxy) is 3. The van der Waals surface area contributed by atoms with Crippen LogP contribution in [0.4, 0.5) is 0 Å². The predicted molar refractivity (Wildman–Crippen MR) is 88.9 cm³/mol. The summed E-state index contributed by atoms with van der Waals surface area (Å²) >= 11 is 5.93. The first kappa shape index (κ1) is 16.1. The molecule has 24 heavy (non-hydrogen) atoms. The minimum Gasteiger partial charge on any atom is -0.496 e. The normalized spacial score (nSPS) is 15.0. The standard InChI is InChI=1S/C18H13ClO5/c1-22-14-4-3-5-15(23-2)11(14)9-13-17(20)12-8-10(19)6-7-16(12)24-18(13)21/h3-9H,1-2H3/b13-9-. The average Bonchev–Trinajstić information content (AvgIpc) is 2.59. The fourth-order valence-electron chi connectivity index (χ4n) is 2.45. The van der Waals surface area contributed by atoms with Gasteiger partial charge in [-0.05, 0) is 36.4 Å². The summed E-state index contributed by atoms with van der Waals surface area (Å²) in [5, 5.41) is 0.384. The third kappa shape index (κ3) is 2.74. The molecule has 0 saturated carbocycles. The lowest BCUT2D eigenvalue weighted by Gasteiger charge is -2.18. The minimum atomic E-state index is -0.734. The van der Waals surface area contributed by atoms with Crippen molar-refractivity contribution in [2.75, 3.05) is 14.2 Å². The van der Waals surface area contributed by atoms with E-state index in [9.17, 15) is 9.59 Å². The second kappa shape index (κ2) is 6.37. The smallest absolute Gasteiger partial charge is 0.347 e. The van der Waals surface area contributed by atoms with Gasteiger partial charge in [-0.15, -0.1) is 0 Å². The van der Waals surface area contributed by atoms with Gasteiger partial charge >= 0.3 is 5.97 Å². The van der Waals surface area contributed by atoms with Crippen LogP contribution in [0.5, 0.6) is 17.2 Å². The van der Waals surface area contributed by atoms with Crippen molar-refractivity contribution in [1.82, 2.24) is 0 Å². The summed E-state index contributed by atoms with van der Waals surface area (Å²) in [6.07, 6.45) is 1.41. The zero-order valence-corrected chi connectivity index (χ0v) is 13.7. The van der Waals surface area contributed by atoms with Gasteiger partial charge in [-0.2, -0.15) is 0 Å². The van der Waals surface area contributed by atoms with Crippen molar-refractivity contribution in [3.8, 4) is 17.2 Å². The van der Waals surface area contributed by atoms with E-state index < -0.39 is 11.8 Å². The highest BCUT2D eigenvalue weighted by Gasteiger charge is 2.31. The summed E-state index contributed by atoms with van der Waals surface area (Å²) in [5.41, 5.74) is 0.600. The summed E-state index contributed by atoms with van der Waals surface area (Å²) in [7, 11) is 2.99. The molecule has 1 aliphatic heterocycles. The molecule has 0 spiro atoms. The third-order valence-electron chi connectivity index (χ3n) is 3.61. The number of methoxy groups -OCH3 is 2. The van der Waals surface area contributed by atoms with Gasteiger partial charge in [0.15, 0.2) is 0 Å². The van der Waals surface area contributed by atoms with Crippen LogP contribution in [0.15, 0.2) is 42.0 Å². The molecule has 1 heterocycles. The first-order valence-corrected chi connectivity index (χ1v) is 7.42. The van der Waals surface area contributed by atoms with Gasteiger partial charge in [0.2, 0.25) is 5.78 Å². The maximum atomic E-state index is 12.7. The number of esters is 1. The van der Waals surface area contributed by atoms with Crippen LogP contribution in [0.2, 0.25) is 5.02 Å². The molecule has 2 aromatic rings. The van der Waals surface area contributed by atoms with E-state index in [-0.39, 0.29) is 16.9 Å². The van der Waals surface area contributed by atoms with E-state index in [0.717, 1.165) is 0 Å². The van der Waals surface area contributed by atoms with Gasteiger partial charge in [-0.1, -0.05) is 17.7 Å². The number of ketones is 1. The molecule has 0 atom stereocenters. The summed E-state index contributed by atoms with van der Waals surface area (Å²) in [6, 6.07) is 9.68. The number of halogens is 1. The van der Waals surface area contributed by atoms with E-state index in [1.165, 1.54) is 32.4 Å². The molecule has 3 rings (SSSR count). The van der Waals surface area contributed by atoms with Crippen LogP contribution in [0, 0.1) is 0 Å². The van der Waals surface area contributed by atoms with Crippen LogP contribution >= 0.6 is 11.6 Å². The van der Waals surface area contributed by atoms with E-state index in [4.69, 9.17) is 25.8 Å². The van der Waals surface area contributed by atoms with Crippen molar-refractivity contribution in [3.63, 3.8) is 0 Å². The van der Waals surface area contributed by atoms with E-state index in [1.54, 1.807) is 24.3 Å². The van der Waals surface area contributed by atoms with E-state index >= 15 is 0 Å². The molecule has 5 nitrogen and oxygen atoms in total. The zero-order valence-electron chi connectivity index (χ0n) is 13.0. The van der Waals surface area contributed by atoms with Crippen LogP contribution in [0.3, 0.4) is 0 Å². The molecular weight excluding hydrogens is 332 g/mol. The molecule has 2 aromatic carbocycles. The Morgan fingerprint density at radius 2 is 1.71 bits per heavy atom. The highest BCUT2D eigenvalue weighted by molar-refractivity contribution is 6.33. The molecule has 6 heteroatoms. The number of benzene rings is 2. The quantitative estimate of drug-likeness (QED) is 0.369. The molecule has 122 valence electrons. The predicted octanol–water partition coefficient (Wildman–Crippen LogP) is 3.54. The van der Waals surface area contributed by atoms with Crippen molar-refractivity contribution in [3.05, 3.63) is 58.1 Å². The zero-order chi connectivity index (χ0) is 17.3. The summed E-state index contributed by atoms with van der Waals surface area (Å²) in [5.74, 6) is -0.0586. The average molecular weight is 345 g/mol. The van der Waals surface area contributed by atoms with Gasteiger partial charge in [-0.25, -0.2) is 4.79 Å². The van der Waals surface area contributed by atoms with Crippen LogP contribution in [-0.2, 0) is 4.79 Å². The topological polar surface area (TPSA) is 61.8 Å². The second-order valence-electron chi connectivity index (χ2n) is 4.99. The van der Waals surface area contributed by atoms with Crippen LogP contribution < -0.4 is 14.2 Å². The van der Waals surface area contributed by atoms with E-state index in [1.807, 2.05) is 0 Å². The Kier molecular flexibility index (Phi) is 4.27. The molecule has 1 aliphatic rings. The fourth-order valence-corrected chi connectivity index (χ4v) is 2.62. The number of Topliss-reactive ketones (excluding diaryl/α,β-unsaturated/α-hetero) is 1. The van der Waals surface area contributed by atoms with Gasteiger partial charge in [0.1, 0.15) is 22.8 Å². The van der Waals surface area contributed by atoms with Crippen molar-refractivity contribution in [2.24, 2.45) is 0 Å². The Morgan fingerprint density at radius 3 is 2.33 bits per heavy atom. The number of carbonyl (C=O) groups is 2. The second-order valence-corrected chi connectivity index (χ2v) is 5.43. The van der Waals surface area contributed by atoms with Crippen molar-refractivity contribution >= 4 is 29.4 Å². The molecule has 0 amide bonds. The summed E-state index contributed by atoms with van der Waals surface area (Å²) in [4.78, 5) is 24.9. The molecule has 0 bridgehead atoms. The number of rotatable bonds is 3.